The highest BCUT2D eigenvalue weighted by atomic mass is 16.2. The van der Waals surface area contributed by atoms with Crippen molar-refractivity contribution in [2.45, 2.75) is 50.6 Å². The highest BCUT2D eigenvalue weighted by Crippen LogP contribution is 2.34. The zero-order chi connectivity index (χ0) is 22.9. The van der Waals surface area contributed by atoms with E-state index >= 15 is 0 Å². The highest BCUT2D eigenvalue weighted by Gasteiger charge is 2.49. The Morgan fingerprint density at radius 3 is 1.22 bits per heavy atom. The van der Waals surface area contributed by atoms with Gasteiger partial charge in [0, 0.05) is 0 Å². The molecule has 0 radical (unpaired) electrons. The Morgan fingerprint density at radius 1 is 0.594 bits per heavy atom. The summed E-state index contributed by atoms with van der Waals surface area (Å²) < 4.78 is 0. The second kappa shape index (κ2) is 8.11. The van der Waals surface area contributed by atoms with E-state index in [1.807, 2.05) is 62.4 Å². The van der Waals surface area contributed by atoms with Crippen LogP contribution < -0.4 is 21.3 Å². The Morgan fingerprint density at radius 2 is 0.938 bits per heavy atom. The number of unbranched alkanes of at least 4 members (excludes halogenated alkanes) is 1. The molecule has 2 saturated heterocycles. The van der Waals surface area contributed by atoms with E-state index in [1.54, 1.807) is 0 Å². The molecule has 32 heavy (non-hydrogen) atoms. The molecule has 2 unspecified atom stereocenters. The number of hydrogen-bond acceptors (Lipinski definition) is 4. The van der Waals surface area contributed by atoms with Crippen LogP contribution in [0.3, 0.4) is 0 Å². The number of urea groups is 2. The van der Waals surface area contributed by atoms with Crippen LogP contribution >= 0.6 is 0 Å². The number of aryl methyl sites for hydroxylation is 2. The van der Waals surface area contributed by atoms with E-state index in [1.165, 1.54) is 0 Å². The molecule has 0 bridgehead atoms. The summed E-state index contributed by atoms with van der Waals surface area (Å²) in [6.07, 6.45) is 1.84. The van der Waals surface area contributed by atoms with Gasteiger partial charge in [0.05, 0.1) is 0 Å². The number of carbonyl (C=O) groups excluding carboxylic acids is 4. The minimum Gasteiger partial charge on any atom is -0.319 e. The second-order valence-electron chi connectivity index (χ2n) is 8.57. The minimum absolute atomic E-state index is 0.368. The van der Waals surface area contributed by atoms with Gasteiger partial charge in [-0.3, -0.25) is 20.2 Å². The first kappa shape index (κ1) is 21.5. The van der Waals surface area contributed by atoms with Gasteiger partial charge in [0.2, 0.25) is 0 Å². The van der Waals surface area contributed by atoms with Gasteiger partial charge in [0.15, 0.2) is 0 Å². The second-order valence-corrected chi connectivity index (χ2v) is 8.57. The van der Waals surface area contributed by atoms with E-state index < -0.39 is 23.1 Å². The van der Waals surface area contributed by atoms with Crippen LogP contribution in [0.25, 0.3) is 0 Å². The Bertz CT molecular complexity index is 993. The number of amides is 6. The smallest absolute Gasteiger partial charge is 0.319 e. The van der Waals surface area contributed by atoms with Crippen LogP contribution in [0.4, 0.5) is 9.59 Å². The predicted molar refractivity (Wildman–Crippen MR) is 118 cm³/mol. The van der Waals surface area contributed by atoms with E-state index in [4.69, 9.17) is 0 Å². The molecule has 4 rings (SSSR count). The molecule has 2 aliphatic heterocycles. The van der Waals surface area contributed by atoms with Gasteiger partial charge in [-0.15, -0.1) is 0 Å². The molecule has 2 heterocycles. The Hall–Kier alpha value is -3.68. The molecule has 8 heteroatoms. The van der Waals surface area contributed by atoms with Crippen molar-refractivity contribution in [1.82, 2.24) is 21.3 Å². The van der Waals surface area contributed by atoms with E-state index in [9.17, 15) is 19.2 Å². The van der Waals surface area contributed by atoms with Crippen molar-refractivity contribution < 1.29 is 19.2 Å². The van der Waals surface area contributed by atoms with Crippen molar-refractivity contribution >= 4 is 23.9 Å². The molecular formula is C24H26N4O4. The summed E-state index contributed by atoms with van der Waals surface area (Å²) >= 11 is 0. The molecule has 2 aromatic carbocycles. The standard InChI is InChI=1S/C24H26N4O4/c1-15-5-9-17(10-6-15)23(19(29)25-21(31)27-23)13-3-4-14-24(20(30)26-22(32)28-24)18-11-7-16(2)8-12-18/h5-12H,3-4,13-14H2,1-2H3,(H2,25,27,29,31)(H2,26,28,30,32). The van der Waals surface area contributed by atoms with Crippen LogP contribution in [0.15, 0.2) is 48.5 Å². The zero-order valence-corrected chi connectivity index (χ0v) is 18.1. The average Bonchev–Trinajstić information content (AvgIpc) is 3.21. The normalized spacial score (nSPS) is 24.7. The fraction of sp³-hybridized carbons (Fsp3) is 0.333. The quantitative estimate of drug-likeness (QED) is 0.396. The molecule has 2 aliphatic rings. The van der Waals surface area contributed by atoms with Gasteiger partial charge in [-0.2, -0.15) is 0 Å². The summed E-state index contributed by atoms with van der Waals surface area (Å²) in [5.74, 6) is -0.766. The third kappa shape index (κ3) is 3.72. The number of hydrogen-bond donors (Lipinski definition) is 4. The molecule has 0 saturated carbocycles. The van der Waals surface area contributed by atoms with Crippen LogP contribution in [0.1, 0.15) is 47.9 Å². The Balaban J connectivity index is 1.52. The number of benzene rings is 2. The van der Waals surface area contributed by atoms with Gasteiger partial charge in [-0.1, -0.05) is 72.5 Å². The summed E-state index contributed by atoms with van der Waals surface area (Å²) in [5.41, 5.74) is 1.23. The SMILES string of the molecule is Cc1ccc(C2(CCCCC3(c4ccc(C)cc4)NC(=O)NC3=O)NC(=O)NC2=O)cc1. The molecule has 2 atom stereocenters. The summed E-state index contributed by atoms with van der Waals surface area (Å²) in [6.45, 7) is 3.91. The molecular weight excluding hydrogens is 408 g/mol. The van der Waals surface area contributed by atoms with Gasteiger partial charge in [0.1, 0.15) is 11.1 Å². The maximum Gasteiger partial charge on any atom is 0.322 e. The first-order valence-corrected chi connectivity index (χ1v) is 10.7. The van der Waals surface area contributed by atoms with E-state index in [-0.39, 0.29) is 11.8 Å². The molecule has 0 spiro atoms. The van der Waals surface area contributed by atoms with Crippen LogP contribution in [0, 0.1) is 13.8 Å². The third-order valence-corrected chi connectivity index (χ3v) is 6.33. The molecule has 0 aromatic heterocycles. The lowest BCUT2D eigenvalue weighted by Gasteiger charge is -2.29. The van der Waals surface area contributed by atoms with Crippen molar-refractivity contribution in [3.8, 4) is 0 Å². The Kier molecular flexibility index (Phi) is 5.46. The lowest BCUT2D eigenvalue weighted by molar-refractivity contribution is -0.125. The lowest BCUT2D eigenvalue weighted by Crippen LogP contribution is -2.45. The van der Waals surface area contributed by atoms with Gasteiger partial charge >= 0.3 is 12.1 Å². The molecule has 8 nitrogen and oxygen atoms in total. The van der Waals surface area contributed by atoms with Crippen molar-refractivity contribution in [2.24, 2.45) is 0 Å². The predicted octanol–water partition coefficient (Wildman–Crippen LogP) is 2.63. The number of rotatable bonds is 7. The van der Waals surface area contributed by atoms with Gasteiger partial charge in [-0.25, -0.2) is 9.59 Å². The van der Waals surface area contributed by atoms with Gasteiger partial charge in [0.25, 0.3) is 11.8 Å². The van der Waals surface area contributed by atoms with E-state index in [0.717, 1.165) is 11.1 Å². The summed E-state index contributed by atoms with van der Waals surface area (Å²) in [7, 11) is 0. The summed E-state index contributed by atoms with van der Waals surface area (Å²) in [4.78, 5) is 49.4. The third-order valence-electron chi connectivity index (χ3n) is 6.33. The molecule has 0 aliphatic carbocycles. The summed E-state index contributed by atoms with van der Waals surface area (Å²) in [6, 6.07) is 14.0. The van der Waals surface area contributed by atoms with Crippen LogP contribution in [0.5, 0.6) is 0 Å². The minimum atomic E-state index is -1.15. The van der Waals surface area contributed by atoms with Crippen LogP contribution in [-0.2, 0) is 20.7 Å². The zero-order valence-electron chi connectivity index (χ0n) is 18.1. The van der Waals surface area contributed by atoms with Crippen molar-refractivity contribution in [2.75, 3.05) is 0 Å². The topological polar surface area (TPSA) is 116 Å². The maximum atomic E-state index is 12.7. The van der Waals surface area contributed by atoms with Gasteiger partial charge in [-0.05, 0) is 37.8 Å². The highest BCUT2D eigenvalue weighted by molar-refractivity contribution is 6.08. The molecule has 2 fully saturated rings. The fourth-order valence-electron chi connectivity index (χ4n) is 4.49. The van der Waals surface area contributed by atoms with Crippen molar-refractivity contribution in [3.63, 3.8) is 0 Å². The molecule has 6 amide bonds. The first-order valence-electron chi connectivity index (χ1n) is 10.7. The van der Waals surface area contributed by atoms with Crippen molar-refractivity contribution in [1.29, 1.82) is 0 Å². The molecule has 4 N–H and O–H groups in total. The fourth-order valence-corrected chi connectivity index (χ4v) is 4.49. The Labute approximate surface area is 186 Å². The molecule has 166 valence electrons. The summed E-state index contributed by atoms with van der Waals surface area (Å²) in [5, 5.41) is 10.3. The van der Waals surface area contributed by atoms with Crippen LogP contribution in [-0.4, -0.2) is 23.9 Å². The average molecular weight is 434 g/mol. The lowest BCUT2D eigenvalue weighted by atomic mass is 9.81. The largest absolute Gasteiger partial charge is 0.322 e. The number of imide groups is 2. The number of nitrogens with one attached hydrogen (secondary N) is 4. The number of carbonyl (C=O) groups is 4. The monoisotopic (exact) mass is 434 g/mol. The first-order chi connectivity index (χ1) is 15.2. The van der Waals surface area contributed by atoms with Crippen LogP contribution in [0.2, 0.25) is 0 Å². The maximum absolute atomic E-state index is 12.7. The van der Waals surface area contributed by atoms with Gasteiger partial charge < -0.3 is 10.6 Å². The molecule has 2 aromatic rings. The van der Waals surface area contributed by atoms with E-state index in [0.29, 0.717) is 36.8 Å². The van der Waals surface area contributed by atoms with E-state index in [2.05, 4.69) is 21.3 Å². The van der Waals surface area contributed by atoms with Crippen molar-refractivity contribution in [3.05, 3.63) is 70.8 Å².